The van der Waals surface area contributed by atoms with Crippen LogP contribution < -0.4 is 5.43 Å². The average molecular weight is 412 g/mol. The van der Waals surface area contributed by atoms with Gasteiger partial charge in [-0.3, -0.25) is 9.59 Å². The van der Waals surface area contributed by atoms with Gasteiger partial charge in [-0.1, -0.05) is 23.7 Å². The van der Waals surface area contributed by atoms with Crippen LogP contribution in [-0.4, -0.2) is 35.2 Å². The van der Waals surface area contributed by atoms with Crippen LogP contribution in [0.25, 0.3) is 11.0 Å². The molecule has 0 saturated carbocycles. The number of carbonyl (C=O) groups excluding carboxylic acids is 1. The monoisotopic (exact) mass is 411 g/mol. The Hall–Kier alpha value is -2.83. The minimum Gasteiger partial charge on any atom is -0.508 e. The second-order valence-electron chi connectivity index (χ2n) is 7.40. The molecule has 0 bridgehead atoms. The van der Waals surface area contributed by atoms with E-state index in [2.05, 4.69) is 0 Å². The summed E-state index contributed by atoms with van der Waals surface area (Å²) in [5.41, 5.74) is 0.942. The molecule has 2 atom stereocenters. The Morgan fingerprint density at radius 3 is 2.79 bits per heavy atom. The minimum absolute atomic E-state index is 0.0381. The Morgan fingerprint density at radius 1 is 1.17 bits per heavy atom. The molecule has 3 heterocycles. The van der Waals surface area contributed by atoms with Crippen molar-refractivity contribution in [1.82, 2.24) is 4.90 Å². The molecule has 1 fully saturated rings. The molecule has 0 aliphatic carbocycles. The van der Waals surface area contributed by atoms with Crippen molar-refractivity contribution < 1.29 is 19.1 Å². The van der Waals surface area contributed by atoms with Crippen LogP contribution in [0.2, 0.25) is 5.02 Å². The summed E-state index contributed by atoms with van der Waals surface area (Å²) >= 11 is 6.08. The normalized spacial score (nSPS) is 21.1. The third-order valence-electron chi connectivity index (χ3n) is 5.54. The molecule has 2 aromatic carbocycles. The quantitative estimate of drug-likeness (QED) is 0.707. The first-order chi connectivity index (χ1) is 14.0. The van der Waals surface area contributed by atoms with Crippen LogP contribution >= 0.6 is 11.6 Å². The van der Waals surface area contributed by atoms with E-state index in [0.29, 0.717) is 34.7 Å². The molecule has 1 aromatic heterocycles. The fourth-order valence-electron chi connectivity index (χ4n) is 4.23. The average Bonchev–Trinajstić information content (AvgIpc) is 3.31. The number of aromatic hydroxyl groups is 1. The van der Waals surface area contributed by atoms with E-state index in [1.807, 2.05) is 0 Å². The number of ether oxygens (including phenoxy) is 1. The zero-order chi connectivity index (χ0) is 20.1. The first kappa shape index (κ1) is 18.2. The Bertz CT molecular complexity index is 1180. The van der Waals surface area contributed by atoms with Gasteiger partial charge in [0.2, 0.25) is 5.76 Å². The molecule has 0 unspecified atom stereocenters. The number of hydrogen-bond acceptors (Lipinski definition) is 5. The largest absolute Gasteiger partial charge is 0.508 e. The first-order valence-electron chi connectivity index (χ1n) is 9.50. The number of rotatable bonds is 3. The Kier molecular flexibility index (Phi) is 4.33. The summed E-state index contributed by atoms with van der Waals surface area (Å²) in [6, 6.07) is 10.7. The van der Waals surface area contributed by atoms with Gasteiger partial charge in [0.1, 0.15) is 11.3 Å². The predicted octanol–water partition coefficient (Wildman–Crippen LogP) is 3.88. The first-order valence-corrected chi connectivity index (χ1v) is 9.88. The van der Waals surface area contributed by atoms with Gasteiger partial charge in [0, 0.05) is 18.2 Å². The number of halogens is 1. The van der Waals surface area contributed by atoms with Crippen LogP contribution in [0.1, 0.15) is 40.6 Å². The molecular weight excluding hydrogens is 394 g/mol. The van der Waals surface area contributed by atoms with Crippen molar-refractivity contribution in [2.45, 2.75) is 25.0 Å². The summed E-state index contributed by atoms with van der Waals surface area (Å²) in [4.78, 5) is 28.3. The van der Waals surface area contributed by atoms with Gasteiger partial charge in [-0.2, -0.15) is 0 Å². The summed E-state index contributed by atoms with van der Waals surface area (Å²) in [5.74, 6) is -0.248. The number of carbonyl (C=O) groups is 1. The highest BCUT2D eigenvalue weighted by molar-refractivity contribution is 6.31. The topological polar surface area (TPSA) is 80.0 Å². The van der Waals surface area contributed by atoms with Crippen molar-refractivity contribution in [1.29, 1.82) is 0 Å². The Labute approximate surface area is 171 Å². The third-order valence-corrected chi connectivity index (χ3v) is 5.77. The van der Waals surface area contributed by atoms with Gasteiger partial charge in [-0.25, -0.2) is 0 Å². The van der Waals surface area contributed by atoms with Gasteiger partial charge in [0.25, 0.3) is 5.91 Å². The van der Waals surface area contributed by atoms with Crippen LogP contribution in [0.4, 0.5) is 0 Å². The van der Waals surface area contributed by atoms with E-state index in [1.165, 1.54) is 0 Å². The van der Waals surface area contributed by atoms with E-state index in [-0.39, 0.29) is 34.5 Å². The summed E-state index contributed by atoms with van der Waals surface area (Å²) in [7, 11) is 0. The zero-order valence-electron chi connectivity index (χ0n) is 15.4. The lowest BCUT2D eigenvalue weighted by molar-refractivity contribution is 0.0486. The van der Waals surface area contributed by atoms with E-state index < -0.39 is 6.04 Å². The lowest BCUT2D eigenvalue weighted by atomic mass is 9.98. The maximum Gasteiger partial charge on any atom is 0.291 e. The van der Waals surface area contributed by atoms with Crippen molar-refractivity contribution in [3.63, 3.8) is 0 Å². The fraction of sp³-hybridized carbons (Fsp3) is 0.273. The SMILES string of the molecule is O=C1c2oc3ccc(Cl)cc3c(=O)c2[C@H](c2cccc(O)c2)N1C[C@@H]1CCCO1. The van der Waals surface area contributed by atoms with Crippen LogP contribution in [0.15, 0.2) is 51.7 Å². The van der Waals surface area contributed by atoms with E-state index in [9.17, 15) is 14.7 Å². The number of phenols is 1. The van der Waals surface area contributed by atoms with Gasteiger partial charge in [-0.15, -0.1) is 0 Å². The molecule has 29 heavy (non-hydrogen) atoms. The molecule has 6 nitrogen and oxygen atoms in total. The van der Waals surface area contributed by atoms with Gasteiger partial charge < -0.3 is 19.2 Å². The molecule has 1 saturated heterocycles. The highest BCUT2D eigenvalue weighted by Crippen LogP contribution is 2.39. The zero-order valence-corrected chi connectivity index (χ0v) is 16.2. The van der Waals surface area contributed by atoms with E-state index in [1.54, 1.807) is 47.4 Å². The fourth-order valence-corrected chi connectivity index (χ4v) is 4.40. The smallest absolute Gasteiger partial charge is 0.291 e. The molecule has 0 radical (unpaired) electrons. The number of fused-ring (bicyclic) bond motifs is 2. The second kappa shape index (κ2) is 6.90. The predicted molar refractivity (Wildman–Crippen MR) is 107 cm³/mol. The van der Waals surface area contributed by atoms with Gasteiger partial charge in [0.15, 0.2) is 5.43 Å². The van der Waals surface area contributed by atoms with Crippen LogP contribution in [0.3, 0.4) is 0 Å². The molecule has 148 valence electrons. The molecule has 1 amide bonds. The standard InChI is InChI=1S/C22H18ClNO5/c23-13-6-7-17-16(10-13)20(26)18-19(12-3-1-4-14(25)9-12)24(22(27)21(18)29-17)11-15-5-2-8-28-15/h1,3-4,6-7,9-10,15,19,25H,2,5,8,11H2/t15-,19-/m0/s1. The summed E-state index contributed by atoms with van der Waals surface area (Å²) in [6.07, 6.45) is 1.70. The summed E-state index contributed by atoms with van der Waals surface area (Å²) in [6.45, 7) is 1.01. The molecule has 7 heteroatoms. The molecule has 0 spiro atoms. The number of amides is 1. The number of phenolic OH excluding ortho intramolecular Hbond substituents is 1. The van der Waals surface area contributed by atoms with Crippen molar-refractivity contribution in [3.05, 3.63) is 74.6 Å². The van der Waals surface area contributed by atoms with Crippen molar-refractivity contribution in [3.8, 4) is 5.75 Å². The third kappa shape index (κ3) is 2.99. The number of benzene rings is 2. The summed E-state index contributed by atoms with van der Waals surface area (Å²) < 4.78 is 11.6. The minimum atomic E-state index is -0.659. The Morgan fingerprint density at radius 2 is 2.03 bits per heavy atom. The van der Waals surface area contributed by atoms with E-state index in [4.69, 9.17) is 20.8 Å². The van der Waals surface area contributed by atoms with Crippen LogP contribution in [0, 0.1) is 0 Å². The van der Waals surface area contributed by atoms with E-state index in [0.717, 1.165) is 12.8 Å². The molecule has 1 N–H and O–H groups in total. The second-order valence-corrected chi connectivity index (χ2v) is 7.84. The maximum absolute atomic E-state index is 13.4. The molecule has 3 aromatic rings. The lowest BCUT2D eigenvalue weighted by Gasteiger charge is -2.27. The van der Waals surface area contributed by atoms with Crippen LogP contribution in [0.5, 0.6) is 5.75 Å². The van der Waals surface area contributed by atoms with Crippen molar-refractivity contribution in [2.24, 2.45) is 0 Å². The van der Waals surface area contributed by atoms with E-state index >= 15 is 0 Å². The van der Waals surface area contributed by atoms with Crippen molar-refractivity contribution in [2.75, 3.05) is 13.2 Å². The van der Waals surface area contributed by atoms with Crippen molar-refractivity contribution >= 4 is 28.5 Å². The summed E-state index contributed by atoms with van der Waals surface area (Å²) in [5, 5.41) is 10.7. The number of hydrogen-bond donors (Lipinski definition) is 1. The highest BCUT2D eigenvalue weighted by atomic mass is 35.5. The Balaban J connectivity index is 1.72. The molecule has 2 aliphatic heterocycles. The highest BCUT2D eigenvalue weighted by Gasteiger charge is 2.44. The van der Waals surface area contributed by atoms with Gasteiger partial charge in [0.05, 0.1) is 23.1 Å². The molecule has 2 aliphatic rings. The maximum atomic E-state index is 13.4. The number of nitrogens with zero attached hydrogens (tertiary/aromatic N) is 1. The van der Waals surface area contributed by atoms with Crippen LogP contribution in [-0.2, 0) is 4.74 Å². The molecule has 5 rings (SSSR count). The van der Waals surface area contributed by atoms with Gasteiger partial charge in [-0.05, 0) is 48.7 Å². The molecular formula is C22H18ClNO5. The lowest BCUT2D eigenvalue weighted by Crippen LogP contribution is -2.36. The van der Waals surface area contributed by atoms with Gasteiger partial charge >= 0.3 is 0 Å².